The summed E-state index contributed by atoms with van der Waals surface area (Å²) in [5, 5.41) is 5.64. The maximum atomic E-state index is 12.6. The second kappa shape index (κ2) is 7.67. The first-order valence-corrected chi connectivity index (χ1v) is 9.30. The van der Waals surface area contributed by atoms with Gasteiger partial charge in [0.15, 0.2) is 5.75 Å². The number of nitrogens with one attached hydrogen (secondary N) is 2. The van der Waals surface area contributed by atoms with Crippen LogP contribution in [0.15, 0.2) is 66.7 Å². The van der Waals surface area contributed by atoms with Crippen molar-refractivity contribution in [1.29, 1.82) is 0 Å². The third-order valence-electron chi connectivity index (χ3n) is 4.33. The summed E-state index contributed by atoms with van der Waals surface area (Å²) < 4.78 is 11.4. The van der Waals surface area contributed by atoms with Gasteiger partial charge in [-0.2, -0.15) is 0 Å². The molecule has 0 unspecified atom stereocenters. The van der Waals surface area contributed by atoms with Gasteiger partial charge in [-0.15, -0.1) is 0 Å². The minimum absolute atomic E-state index is 0.0637. The topological polar surface area (TPSA) is 76.7 Å². The van der Waals surface area contributed by atoms with Crippen molar-refractivity contribution in [2.24, 2.45) is 0 Å². The number of carbonyl (C=O) groups is 2. The van der Waals surface area contributed by atoms with E-state index in [-0.39, 0.29) is 17.9 Å². The Bertz CT molecular complexity index is 1070. The molecule has 2 N–H and O–H groups in total. The van der Waals surface area contributed by atoms with Crippen molar-refractivity contribution in [3.63, 3.8) is 0 Å². The second-order valence-corrected chi connectivity index (χ2v) is 6.91. The minimum Gasteiger partial charge on any atom is -0.491 e. The SMILES string of the molecule is CC(C)Oc1ccc(C(=O)Nc2ccc3c(c2)C(=O)Nc2ccccc2O3)cc1. The van der Waals surface area contributed by atoms with E-state index in [1.54, 1.807) is 54.6 Å². The van der Waals surface area contributed by atoms with Gasteiger partial charge in [-0.25, -0.2) is 0 Å². The van der Waals surface area contributed by atoms with Crippen molar-refractivity contribution >= 4 is 23.2 Å². The van der Waals surface area contributed by atoms with Gasteiger partial charge in [-0.3, -0.25) is 9.59 Å². The molecule has 0 aromatic heterocycles. The molecule has 146 valence electrons. The number of ether oxygens (including phenoxy) is 2. The van der Waals surface area contributed by atoms with E-state index in [1.807, 2.05) is 26.0 Å². The van der Waals surface area contributed by atoms with Crippen LogP contribution in [0.5, 0.6) is 17.2 Å². The molecule has 0 aliphatic carbocycles. The van der Waals surface area contributed by atoms with E-state index in [0.717, 1.165) is 0 Å². The Morgan fingerprint density at radius 3 is 2.52 bits per heavy atom. The van der Waals surface area contributed by atoms with Crippen molar-refractivity contribution in [3.05, 3.63) is 77.9 Å². The Morgan fingerprint density at radius 2 is 1.76 bits per heavy atom. The van der Waals surface area contributed by atoms with Gasteiger partial charge in [-0.05, 0) is 68.4 Å². The molecule has 0 saturated carbocycles. The summed E-state index contributed by atoms with van der Waals surface area (Å²) in [5.41, 5.74) is 1.94. The van der Waals surface area contributed by atoms with E-state index in [0.29, 0.717) is 39.8 Å². The van der Waals surface area contributed by atoms with Gasteiger partial charge in [0, 0.05) is 11.3 Å². The molecule has 0 atom stereocenters. The van der Waals surface area contributed by atoms with Crippen molar-refractivity contribution in [3.8, 4) is 17.2 Å². The lowest BCUT2D eigenvalue weighted by Gasteiger charge is -2.11. The van der Waals surface area contributed by atoms with Crippen molar-refractivity contribution < 1.29 is 19.1 Å². The summed E-state index contributed by atoms with van der Waals surface area (Å²) in [6, 6.07) is 19.1. The highest BCUT2D eigenvalue weighted by atomic mass is 16.5. The van der Waals surface area contributed by atoms with Crippen molar-refractivity contribution in [2.75, 3.05) is 10.6 Å². The number of hydrogen-bond donors (Lipinski definition) is 2. The first-order chi connectivity index (χ1) is 14.0. The number of rotatable bonds is 4. The van der Waals surface area contributed by atoms with Gasteiger partial charge >= 0.3 is 0 Å². The predicted molar refractivity (Wildman–Crippen MR) is 111 cm³/mol. The molecule has 0 bridgehead atoms. The van der Waals surface area contributed by atoms with E-state index in [4.69, 9.17) is 9.47 Å². The van der Waals surface area contributed by atoms with Gasteiger partial charge in [-0.1, -0.05) is 12.1 Å². The third-order valence-corrected chi connectivity index (χ3v) is 4.33. The van der Waals surface area contributed by atoms with Crippen LogP contribution in [-0.4, -0.2) is 17.9 Å². The van der Waals surface area contributed by atoms with Crippen LogP contribution in [0.4, 0.5) is 11.4 Å². The van der Waals surface area contributed by atoms with Gasteiger partial charge in [0.1, 0.15) is 11.5 Å². The molecule has 1 heterocycles. The number of hydrogen-bond acceptors (Lipinski definition) is 4. The van der Waals surface area contributed by atoms with Crippen LogP contribution in [0, 0.1) is 0 Å². The lowest BCUT2D eigenvalue weighted by molar-refractivity contribution is 0.101. The maximum Gasteiger partial charge on any atom is 0.259 e. The van der Waals surface area contributed by atoms with E-state index >= 15 is 0 Å². The number of amides is 2. The van der Waals surface area contributed by atoms with Crippen molar-refractivity contribution in [1.82, 2.24) is 0 Å². The van der Waals surface area contributed by atoms with Gasteiger partial charge < -0.3 is 20.1 Å². The molecular formula is C23H20N2O4. The Kier molecular flexibility index (Phi) is 4.91. The lowest BCUT2D eigenvalue weighted by Crippen LogP contribution is -2.14. The molecule has 1 aliphatic rings. The van der Waals surface area contributed by atoms with Crippen LogP contribution in [0.2, 0.25) is 0 Å². The van der Waals surface area contributed by atoms with Gasteiger partial charge in [0.05, 0.1) is 17.4 Å². The zero-order valence-electron chi connectivity index (χ0n) is 16.1. The molecule has 1 aliphatic heterocycles. The number of fused-ring (bicyclic) bond motifs is 2. The number of anilines is 2. The number of benzene rings is 3. The second-order valence-electron chi connectivity index (χ2n) is 6.91. The van der Waals surface area contributed by atoms with Crippen LogP contribution >= 0.6 is 0 Å². The molecule has 0 spiro atoms. The van der Waals surface area contributed by atoms with Gasteiger partial charge in [0.2, 0.25) is 0 Å². The smallest absolute Gasteiger partial charge is 0.259 e. The van der Waals surface area contributed by atoms with Crippen LogP contribution in [-0.2, 0) is 0 Å². The molecule has 29 heavy (non-hydrogen) atoms. The Labute approximate surface area is 168 Å². The predicted octanol–water partition coefficient (Wildman–Crippen LogP) is 5.08. The first-order valence-electron chi connectivity index (χ1n) is 9.30. The normalized spacial score (nSPS) is 12.2. The van der Waals surface area contributed by atoms with Crippen LogP contribution in [0.3, 0.4) is 0 Å². The summed E-state index contributed by atoms with van der Waals surface area (Å²) in [6.07, 6.45) is 0.0637. The molecule has 4 rings (SSSR count). The molecule has 3 aromatic carbocycles. The molecule has 0 saturated heterocycles. The maximum absolute atomic E-state index is 12.6. The van der Waals surface area contributed by atoms with E-state index in [1.165, 1.54) is 0 Å². The standard InChI is InChI=1S/C23H20N2O4/c1-14(2)28-17-10-7-15(8-11-17)22(26)24-16-9-12-20-18(13-16)23(27)25-19-5-3-4-6-21(19)29-20/h3-14H,1-2H3,(H,24,26)(H,25,27). The zero-order chi connectivity index (χ0) is 20.4. The highest BCUT2D eigenvalue weighted by Gasteiger charge is 2.21. The zero-order valence-corrected chi connectivity index (χ0v) is 16.1. The van der Waals surface area contributed by atoms with Crippen LogP contribution in [0.1, 0.15) is 34.6 Å². The molecule has 2 amide bonds. The highest BCUT2D eigenvalue weighted by Crippen LogP contribution is 2.36. The largest absolute Gasteiger partial charge is 0.491 e. The molecule has 6 nitrogen and oxygen atoms in total. The number of carbonyl (C=O) groups excluding carboxylic acids is 2. The summed E-state index contributed by atoms with van der Waals surface area (Å²) >= 11 is 0. The Morgan fingerprint density at radius 1 is 1.00 bits per heavy atom. The molecular weight excluding hydrogens is 368 g/mol. The fourth-order valence-electron chi connectivity index (χ4n) is 3.00. The third kappa shape index (κ3) is 4.06. The average Bonchev–Trinajstić information content (AvgIpc) is 2.84. The highest BCUT2D eigenvalue weighted by molar-refractivity contribution is 6.10. The summed E-state index contributed by atoms with van der Waals surface area (Å²) in [4.78, 5) is 25.1. The fraction of sp³-hybridized carbons (Fsp3) is 0.130. The average molecular weight is 388 g/mol. The van der Waals surface area contributed by atoms with E-state index in [9.17, 15) is 9.59 Å². The first kappa shape index (κ1) is 18.6. The van der Waals surface area contributed by atoms with E-state index < -0.39 is 0 Å². The molecule has 0 radical (unpaired) electrons. The fourth-order valence-corrected chi connectivity index (χ4v) is 3.00. The molecule has 6 heteroatoms. The van der Waals surface area contributed by atoms with Gasteiger partial charge in [0.25, 0.3) is 11.8 Å². The van der Waals surface area contributed by atoms with E-state index in [2.05, 4.69) is 10.6 Å². The lowest BCUT2D eigenvalue weighted by atomic mass is 10.1. The van der Waals surface area contributed by atoms with Crippen LogP contribution < -0.4 is 20.1 Å². The quantitative estimate of drug-likeness (QED) is 0.653. The van der Waals surface area contributed by atoms with Crippen molar-refractivity contribution in [2.45, 2.75) is 20.0 Å². The Balaban J connectivity index is 1.53. The van der Waals surface area contributed by atoms with Crippen LogP contribution in [0.25, 0.3) is 0 Å². The molecule has 3 aromatic rings. The summed E-state index contributed by atoms with van der Waals surface area (Å²) in [6.45, 7) is 3.88. The molecule has 0 fully saturated rings. The monoisotopic (exact) mass is 388 g/mol. The summed E-state index contributed by atoms with van der Waals surface area (Å²) in [5.74, 6) is 1.13. The minimum atomic E-state index is -0.295. The number of para-hydroxylation sites is 2. The Hall–Kier alpha value is -3.80. The summed E-state index contributed by atoms with van der Waals surface area (Å²) in [7, 11) is 0.